The molecule has 122 valence electrons. The Hall–Kier alpha value is -1.47. The quantitative estimate of drug-likeness (QED) is 0.716. The van der Waals surface area contributed by atoms with Crippen molar-refractivity contribution in [1.82, 2.24) is 4.90 Å². The Balaban J connectivity index is 1.69. The Kier molecular flexibility index (Phi) is 5.52. The molecule has 0 bridgehead atoms. The van der Waals surface area contributed by atoms with Gasteiger partial charge in [-0.1, -0.05) is 0 Å². The van der Waals surface area contributed by atoms with Crippen molar-refractivity contribution in [3.05, 3.63) is 24.3 Å². The fourth-order valence-corrected chi connectivity index (χ4v) is 2.27. The van der Waals surface area contributed by atoms with Gasteiger partial charge in [-0.05, 0) is 48.8 Å². The molecule has 0 spiro atoms. The van der Waals surface area contributed by atoms with Crippen molar-refractivity contribution in [3.63, 3.8) is 0 Å². The predicted molar refractivity (Wildman–Crippen MR) is 74.1 cm³/mol. The average Bonchev–Trinajstić information content (AvgIpc) is 2.35. The highest BCUT2D eigenvalue weighted by molar-refractivity contribution is 6.63. The van der Waals surface area contributed by atoms with E-state index < -0.39 is 6.36 Å². The second-order valence-corrected chi connectivity index (χ2v) is 5.40. The highest BCUT2D eigenvalue weighted by atomic mass is 35.5. The van der Waals surface area contributed by atoms with Gasteiger partial charge < -0.3 is 9.47 Å². The summed E-state index contributed by atoms with van der Waals surface area (Å²) >= 11 is 5.25. The van der Waals surface area contributed by atoms with Gasteiger partial charge in [0.25, 0.3) is 0 Å². The van der Waals surface area contributed by atoms with E-state index in [9.17, 15) is 18.0 Å². The zero-order chi connectivity index (χ0) is 16.2. The molecule has 0 radical (unpaired) electrons. The SMILES string of the molecule is O=C(Cl)CCCN1CC(Oc2ccc(OC(F)(F)F)cc2)C1. The van der Waals surface area contributed by atoms with Crippen LogP contribution in [0.5, 0.6) is 11.5 Å². The van der Waals surface area contributed by atoms with E-state index in [0.717, 1.165) is 19.6 Å². The number of nitrogens with zero attached hydrogens (tertiary/aromatic N) is 1. The van der Waals surface area contributed by atoms with Crippen molar-refractivity contribution >= 4 is 16.8 Å². The number of likely N-dealkylation sites (tertiary alicyclic amines) is 1. The van der Waals surface area contributed by atoms with Gasteiger partial charge in [0.05, 0.1) is 0 Å². The van der Waals surface area contributed by atoms with Gasteiger partial charge >= 0.3 is 6.36 Å². The molecule has 0 atom stereocenters. The molecular weight excluding hydrogens is 323 g/mol. The van der Waals surface area contributed by atoms with E-state index in [1.54, 1.807) is 0 Å². The second-order valence-electron chi connectivity index (χ2n) is 4.98. The van der Waals surface area contributed by atoms with Crippen molar-refractivity contribution in [3.8, 4) is 11.5 Å². The molecule has 1 aromatic rings. The van der Waals surface area contributed by atoms with E-state index in [1.807, 2.05) is 0 Å². The lowest BCUT2D eigenvalue weighted by Gasteiger charge is -2.39. The number of benzene rings is 1. The maximum Gasteiger partial charge on any atom is 0.573 e. The summed E-state index contributed by atoms with van der Waals surface area (Å²) in [6.07, 6.45) is -3.63. The summed E-state index contributed by atoms with van der Waals surface area (Å²) in [5, 5.41) is -0.338. The average molecular weight is 338 g/mol. The van der Waals surface area contributed by atoms with Crippen LogP contribution in [0.1, 0.15) is 12.8 Å². The highest BCUT2D eigenvalue weighted by Gasteiger charge is 2.31. The van der Waals surface area contributed by atoms with Gasteiger partial charge in [0.1, 0.15) is 17.6 Å². The number of halogens is 4. The van der Waals surface area contributed by atoms with Crippen molar-refractivity contribution in [2.24, 2.45) is 0 Å². The molecule has 1 fully saturated rings. The molecule has 22 heavy (non-hydrogen) atoms. The normalized spacial score (nSPS) is 16.2. The van der Waals surface area contributed by atoms with Crippen molar-refractivity contribution < 1.29 is 27.4 Å². The molecule has 4 nitrogen and oxygen atoms in total. The van der Waals surface area contributed by atoms with Crippen LogP contribution in [0.15, 0.2) is 24.3 Å². The maximum atomic E-state index is 12.0. The standard InChI is InChI=1S/C14H15ClF3NO3/c15-13(20)2-1-7-19-8-12(9-19)21-10-3-5-11(6-4-10)22-14(16,17)18/h3-6,12H,1-2,7-9H2. The molecule has 0 N–H and O–H groups in total. The van der Waals surface area contributed by atoms with Gasteiger partial charge in [0, 0.05) is 19.5 Å². The summed E-state index contributed by atoms with van der Waals surface area (Å²) in [6.45, 7) is 2.21. The number of rotatable bonds is 7. The maximum absolute atomic E-state index is 12.0. The molecule has 0 saturated carbocycles. The van der Waals surface area contributed by atoms with Gasteiger partial charge in [0.2, 0.25) is 5.24 Å². The van der Waals surface area contributed by atoms with Crippen molar-refractivity contribution in [2.45, 2.75) is 25.3 Å². The first kappa shape index (κ1) is 16.9. The van der Waals surface area contributed by atoms with E-state index in [4.69, 9.17) is 16.3 Å². The lowest BCUT2D eigenvalue weighted by Crippen LogP contribution is -2.53. The Morgan fingerprint density at radius 3 is 2.36 bits per heavy atom. The third kappa shape index (κ3) is 5.73. The van der Waals surface area contributed by atoms with Crippen LogP contribution in [-0.4, -0.2) is 42.2 Å². The summed E-state index contributed by atoms with van der Waals surface area (Å²) in [5.74, 6) is 0.218. The zero-order valence-corrected chi connectivity index (χ0v) is 12.4. The topological polar surface area (TPSA) is 38.8 Å². The number of carbonyl (C=O) groups is 1. The molecule has 0 aliphatic carbocycles. The monoisotopic (exact) mass is 337 g/mol. The fraction of sp³-hybridized carbons (Fsp3) is 0.500. The lowest BCUT2D eigenvalue weighted by atomic mass is 10.1. The van der Waals surface area contributed by atoms with E-state index in [2.05, 4.69) is 9.64 Å². The Labute approximate surface area is 130 Å². The summed E-state index contributed by atoms with van der Waals surface area (Å²) in [4.78, 5) is 12.7. The molecule has 0 amide bonds. The smallest absolute Gasteiger partial charge is 0.488 e. The van der Waals surface area contributed by atoms with Gasteiger partial charge in [0.15, 0.2) is 0 Å². The molecule has 1 aliphatic heterocycles. The number of hydrogen-bond donors (Lipinski definition) is 0. The second kappa shape index (κ2) is 7.19. The van der Waals surface area contributed by atoms with Crippen LogP contribution in [0.25, 0.3) is 0 Å². The summed E-state index contributed by atoms with van der Waals surface area (Å²) in [6, 6.07) is 5.31. The molecule has 0 aromatic heterocycles. The van der Waals surface area contributed by atoms with Crippen LogP contribution in [0.3, 0.4) is 0 Å². The molecular formula is C14H15ClF3NO3. The van der Waals surface area contributed by atoms with E-state index >= 15 is 0 Å². The molecule has 8 heteroatoms. The first-order valence-electron chi connectivity index (χ1n) is 6.75. The molecule has 1 aliphatic rings. The van der Waals surface area contributed by atoms with Gasteiger partial charge in [-0.15, -0.1) is 13.2 Å². The molecule has 0 unspecified atom stereocenters. The Morgan fingerprint density at radius 1 is 1.23 bits per heavy atom. The number of hydrogen-bond acceptors (Lipinski definition) is 4. The third-order valence-corrected chi connectivity index (χ3v) is 3.32. The first-order chi connectivity index (χ1) is 10.3. The van der Waals surface area contributed by atoms with Gasteiger partial charge in [-0.2, -0.15) is 0 Å². The molecule has 1 aromatic carbocycles. The predicted octanol–water partition coefficient (Wildman–Crippen LogP) is 3.19. The van der Waals surface area contributed by atoms with Crippen LogP contribution in [0.4, 0.5) is 13.2 Å². The number of alkyl halides is 3. The Bertz CT molecular complexity index is 501. The van der Waals surface area contributed by atoms with Crippen molar-refractivity contribution in [2.75, 3.05) is 19.6 Å². The minimum atomic E-state index is -4.69. The van der Waals surface area contributed by atoms with Crippen LogP contribution in [0.2, 0.25) is 0 Å². The van der Waals surface area contributed by atoms with E-state index in [0.29, 0.717) is 18.6 Å². The van der Waals surface area contributed by atoms with E-state index in [-0.39, 0.29) is 17.1 Å². The van der Waals surface area contributed by atoms with Gasteiger partial charge in [-0.25, -0.2) is 0 Å². The van der Waals surface area contributed by atoms with Crippen LogP contribution in [-0.2, 0) is 4.79 Å². The van der Waals surface area contributed by atoms with E-state index in [1.165, 1.54) is 24.3 Å². The lowest BCUT2D eigenvalue weighted by molar-refractivity contribution is -0.274. The fourth-order valence-electron chi connectivity index (χ4n) is 2.13. The van der Waals surface area contributed by atoms with Crippen LogP contribution in [0, 0.1) is 0 Å². The minimum Gasteiger partial charge on any atom is -0.488 e. The largest absolute Gasteiger partial charge is 0.573 e. The van der Waals surface area contributed by atoms with Crippen LogP contribution >= 0.6 is 11.6 Å². The van der Waals surface area contributed by atoms with Crippen molar-refractivity contribution in [1.29, 1.82) is 0 Å². The van der Waals surface area contributed by atoms with Gasteiger partial charge in [-0.3, -0.25) is 9.69 Å². The first-order valence-corrected chi connectivity index (χ1v) is 7.13. The molecule has 1 heterocycles. The minimum absolute atomic E-state index is 0.00101. The third-order valence-electron chi connectivity index (χ3n) is 3.13. The van der Waals surface area contributed by atoms with Crippen LogP contribution < -0.4 is 9.47 Å². The Morgan fingerprint density at radius 2 is 1.82 bits per heavy atom. The summed E-state index contributed by atoms with van der Waals surface area (Å²) in [5.41, 5.74) is 0. The zero-order valence-electron chi connectivity index (χ0n) is 11.6. The summed E-state index contributed by atoms with van der Waals surface area (Å²) < 4.78 is 45.5. The number of ether oxygens (including phenoxy) is 2. The molecule has 1 saturated heterocycles. The molecule has 2 rings (SSSR count). The number of carbonyl (C=O) groups excluding carboxylic acids is 1. The highest BCUT2D eigenvalue weighted by Crippen LogP contribution is 2.26. The summed E-state index contributed by atoms with van der Waals surface area (Å²) in [7, 11) is 0.